The molecule has 2 heterocycles. The van der Waals surface area contributed by atoms with E-state index < -0.39 is 11.8 Å². The molecule has 1 aliphatic heterocycles. The largest absolute Gasteiger partial charge is 0.464 e. The van der Waals surface area contributed by atoms with E-state index in [1.54, 1.807) is 6.07 Å². The van der Waals surface area contributed by atoms with Gasteiger partial charge in [0.05, 0.1) is 6.61 Å². The first-order valence-electron chi connectivity index (χ1n) is 9.10. The SMILES string of the molecule is CCOC1=C(/N=N/c2cc(C(C)(C)C)[nH]n2)C(=O)OC2(CCCCC2)O1. The molecular weight excluding hydrogens is 336 g/mol. The van der Waals surface area contributed by atoms with Crippen LogP contribution in [0.4, 0.5) is 5.82 Å². The molecule has 1 aromatic heterocycles. The Balaban J connectivity index is 1.84. The van der Waals surface area contributed by atoms with Crippen LogP contribution in [0.25, 0.3) is 0 Å². The van der Waals surface area contributed by atoms with E-state index in [-0.39, 0.29) is 17.1 Å². The van der Waals surface area contributed by atoms with E-state index in [1.165, 1.54) is 0 Å². The highest BCUT2D eigenvalue weighted by atomic mass is 16.8. The fourth-order valence-electron chi connectivity index (χ4n) is 2.99. The highest BCUT2D eigenvalue weighted by Gasteiger charge is 2.45. The zero-order valence-corrected chi connectivity index (χ0v) is 15.8. The molecule has 26 heavy (non-hydrogen) atoms. The Hall–Kier alpha value is -2.38. The van der Waals surface area contributed by atoms with E-state index >= 15 is 0 Å². The van der Waals surface area contributed by atoms with Gasteiger partial charge in [-0.1, -0.05) is 27.2 Å². The number of esters is 1. The molecule has 0 saturated heterocycles. The zero-order valence-electron chi connectivity index (χ0n) is 15.8. The molecule has 142 valence electrons. The van der Waals surface area contributed by atoms with Gasteiger partial charge in [0, 0.05) is 30.0 Å². The topological polar surface area (TPSA) is 98.2 Å². The molecule has 1 saturated carbocycles. The van der Waals surface area contributed by atoms with Crippen molar-refractivity contribution in [1.82, 2.24) is 10.2 Å². The van der Waals surface area contributed by atoms with Gasteiger partial charge in [-0.15, -0.1) is 10.2 Å². The van der Waals surface area contributed by atoms with Crippen molar-refractivity contribution in [1.29, 1.82) is 0 Å². The van der Waals surface area contributed by atoms with Gasteiger partial charge in [0.2, 0.25) is 0 Å². The van der Waals surface area contributed by atoms with Crippen LogP contribution in [-0.4, -0.2) is 28.6 Å². The van der Waals surface area contributed by atoms with Crippen LogP contribution in [0.15, 0.2) is 27.9 Å². The van der Waals surface area contributed by atoms with Crippen LogP contribution in [0.5, 0.6) is 0 Å². The predicted octanol–water partition coefficient (Wildman–Crippen LogP) is 4.23. The summed E-state index contributed by atoms with van der Waals surface area (Å²) < 4.78 is 17.0. The standard InChI is InChI=1S/C18H26N4O4/c1-5-24-16-14(15(23)25-18(26-16)9-7-6-8-10-18)22-21-13-11-12(19-20-13)17(2,3)4/h11H,5-10H2,1-4H3,(H,19,20)/b22-21+. The van der Waals surface area contributed by atoms with E-state index in [9.17, 15) is 4.79 Å². The number of azo groups is 1. The number of nitrogens with zero attached hydrogens (tertiary/aromatic N) is 3. The number of hydrogen-bond acceptors (Lipinski definition) is 7. The Morgan fingerprint density at radius 2 is 1.96 bits per heavy atom. The third kappa shape index (κ3) is 3.89. The first-order chi connectivity index (χ1) is 12.3. The number of ether oxygens (including phenoxy) is 3. The van der Waals surface area contributed by atoms with Gasteiger partial charge >= 0.3 is 11.9 Å². The third-order valence-electron chi connectivity index (χ3n) is 4.46. The number of hydrogen-bond donors (Lipinski definition) is 1. The second-order valence-electron chi connectivity index (χ2n) is 7.62. The van der Waals surface area contributed by atoms with Crippen LogP contribution in [0.2, 0.25) is 0 Å². The number of aromatic amines is 1. The maximum Gasteiger partial charge on any atom is 0.369 e. The van der Waals surface area contributed by atoms with Crippen molar-refractivity contribution >= 4 is 11.8 Å². The first kappa shape index (κ1) is 18.4. The molecule has 1 N–H and O–H groups in total. The molecule has 0 unspecified atom stereocenters. The molecule has 1 fully saturated rings. The molecule has 8 heteroatoms. The Morgan fingerprint density at radius 3 is 2.58 bits per heavy atom. The molecule has 2 aliphatic rings. The molecule has 3 rings (SSSR count). The quantitative estimate of drug-likeness (QED) is 0.638. The molecule has 1 aromatic rings. The van der Waals surface area contributed by atoms with Crippen LogP contribution in [-0.2, 0) is 24.4 Å². The lowest BCUT2D eigenvalue weighted by atomic mass is 9.92. The minimum atomic E-state index is -0.926. The fourth-order valence-corrected chi connectivity index (χ4v) is 2.99. The van der Waals surface area contributed by atoms with Crippen molar-refractivity contribution in [2.24, 2.45) is 10.2 Å². The van der Waals surface area contributed by atoms with Crippen LogP contribution in [0, 0.1) is 0 Å². The summed E-state index contributed by atoms with van der Waals surface area (Å²) in [6, 6.07) is 1.79. The summed E-state index contributed by atoms with van der Waals surface area (Å²) in [6.07, 6.45) is 4.33. The summed E-state index contributed by atoms with van der Waals surface area (Å²) in [5.74, 6) is -1.04. The Kier molecular flexibility index (Phi) is 5.02. The Labute approximate surface area is 153 Å². The summed E-state index contributed by atoms with van der Waals surface area (Å²) >= 11 is 0. The van der Waals surface area contributed by atoms with Gasteiger partial charge in [-0.3, -0.25) is 5.10 Å². The monoisotopic (exact) mass is 362 g/mol. The van der Waals surface area contributed by atoms with Crippen molar-refractivity contribution in [3.63, 3.8) is 0 Å². The average molecular weight is 362 g/mol. The minimum Gasteiger partial charge on any atom is -0.464 e. The second-order valence-corrected chi connectivity index (χ2v) is 7.62. The third-order valence-corrected chi connectivity index (χ3v) is 4.46. The molecular formula is C18H26N4O4. The van der Waals surface area contributed by atoms with Gasteiger partial charge in [-0.25, -0.2) is 4.79 Å². The van der Waals surface area contributed by atoms with Crippen LogP contribution < -0.4 is 0 Å². The molecule has 0 bridgehead atoms. The van der Waals surface area contributed by atoms with E-state index in [0.29, 0.717) is 25.3 Å². The first-order valence-corrected chi connectivity index (χ1v) is 9.10. The van der Waals surface area contributed by atoms with Crippen LogP contribution in [0.1, 0.15) is 65.5 Å². The van der Waals surface area contributed by atoms with Crippen molar-refractivity contribution in [2.45, 2.75) is 71.0 Å². The van der Waals surface area contributed by atoms with E-state index in [4.69, 9.17) is 14.2 Å². The molecule has 0 aromatic carbocycles. The van der Waals surface area contributed by atoms with E-state index in [2.05, 4.69) is 41.2 Å². The van der Waals surface area contributed by atoms with Gasteiger partial charge in [0.15, 0.2) is 5.82 Å². The van der Waals surface area contributed by atoms with Crippen molar-refractivity contribution < 1.29 is 19.0 Å². The van der Waals surface area contributed by atoms with Crippen molar-refractivity contribution in [2.75, 3.05) is 6.61 Å². The minimum absolute atomic E-state index is 0.0663. The highest BCUT2D eigenvalue weighted by Crippen LogP contribution is 2.39. The van der Waals surface area contributed by atoms with Gasteiger partial charge in [-0.2, -0.15) is 5.10 Å². The van der Waals surface area contributed by atoms with E-state index in [1.807, 2.05) is 6.92 Å². The molecule has 8 nitrogen and oxygen atoms in total. The number of rotatable bonds is 4. The number of H-pyrrole nitrogens is 1. The molecule has 0 radical (unpaired) electrons. The zero-order chi connectivity index (χ0) is 18.8. The number of carbonyl (C=O) groups excluding carboxylic acids is 1. The Morgan fingerprint density at radius 1 is 1.23 bits per heavy atom. The van der Waals surface area contributed by atoms with Gasteiger partial charge < -0.3 is 14.2 Å². The molecule has 0 atom stereocenters. The summed E-state index contributed by atoms with van der Waals surface area (Å²) in [5, 5.41) is 15.1. The molecule has 1 aliphatic carbocycles. The summed E-state index contributed by atoms with van der Waals surface area (Å²) in [6.45, 7) is 8.36. The maximum absolute atomic E-state index is 12.5. The van der Waals surface area contributed by atoms with E-state index in [0.717, 1.165) is 25.0 Å². The summed E-state index contributed by atoms with van der Waals surface area (Å²) in [7, 11) is 0. The Bertz CT molecular complexity index is 724. The van der Waals surface area contributed by atoms with Crippen LogP contribution in [0.3, 0.4) is 0 Å². The summed E-state index contributed by atoms with van der Waals surface area (Å²) in [4.78, 5) is 12.5. The maximum atomic E-state index is 12.5. The summed E-state index contributed by atoms with van der Waals surface area (Å²) in [5.41, 5.74) is 0.772. The second kappa shape index (κ2) is 7.09. The normalized spacial score (nSPS) is 20.4. The lowest BCUT2D eigenvalue weighted by molar-refractivity contribution is -0.254. The van der Waals surface area contributed by atoms with Crippen molar-refractivity contribution in [3.05, 3.63) is 23.4 Å². The number of carbonyl (C=O) groups is 1. The van der Waals surface area contributed by atoms with Gasteiger partial charge in [0.1, 0.15) is 0 Å². The highest BCUT2D eigenvalue weighted by molar-refractivity contribution is 5.89. The van der Waals surface area contributed by atoms with Crippen molar-refractivity contribution in [3.8, 4) is 0 Å². The van der Waals surface area contributed by atoms with Gasteiger partial charge in [0.25, 0.3) is 11.5 Å². The fraction of sp³-hybridized carbons (Fsp3) is 0.667. The molecule has 0 amide bonds. The lowest BCUT2D eigenvalue weighted by Crippen LogP contribution is -2.44. The molecule has 1 spiro atoms. The lowest BCUT2D eigenvalue weighted by Gasteiger charge is -2.39. The van der Waals surface area contributed by atoms with Gasteiger partial charge in [-0.05, 0) is 19.8 Å². The predicted molar refractivity (Wildman–Crippen MR) is 93.4 cm³/mol. The smallest absolute Gasteiger partial charge is 0.369 e. The average Bonchev–Trinajstić information content (AvgIpc) is 3.04. The van der Waals surface area contributed by atoms with Crippen LogP contribution >= 0.6 is 0 Å². The number of aromatic nitrogens is 2. The number of nitrogens with one attached hydrogen (secondary N) is 1.